The number of amides is 1. The van der Waals surface area contributed by atoms with E-state index in [0.29, 0.717) is 16.3 Å². The molecule has 3 aromatic rings. The van der Waals surface area contributed by atoms with Gasteiger partial charge in [0, 0.05) is 17.3 Å². The number of carboxylic acids is 2. The highest BCUT2D eigenvalue weighted by molar-refractivity contribution is 7.99. The molecule has 0 aliphatic heterocycles. The molecule has 0 saturated carbocycles. The Morgan fingerprint density at radius 2 is 1.77 bits per heavy atom. The van der Waals surface area contributed by atoms with E-state index in [2.05, 4.69) is 10.0 Å². The summed E-state index contributed by atoms with van der Waals surface area (Å²) in [6.45, 7) is -0.244. The number of sulfonamides is 1. The molecule has 3 rings (SSSR count). The first-order valence-electron chi connectivity index (χ1n) is 11.4. The SMILES string of the molecule is O=C(O)C[C@H](NC(=O)c1cc(CNS(=O)(=O)c2ccc(O)c(C(=O)O)c2)cs1)C(=O)CSCc1ccccc1Cl. The Morgan fingerprint density at radius 1 is 1.05 bits per heavy atom. The molecule has 1 aromatic heterocycles. The summed E-state index contributed by atoms with van der Waals surface area (Å²) in [5.41, 5.74) is 0.632. The molecule has 5 N–H and O–H groups in total. The van der Waals surface area contributed by atoms with Crippen LogP contribution in [0.3, 0.4) is 0 Å². The van der Waals surface area contributed by atoms with Gasteiger partial charge in [-0.1, -0.05) is 29.8 Å². The van der Waals surface area contributed by atoms with Crippen LogP contribution >= 0.6 is 34.7 Å². The Hall–Kier alpha value is -3.43. The fourth-order valence-electron chi connectivity index (χ4n) is 3.33. The number of thioether (sulfide) groups is 1. The lowest BCUT2D eigenvalue weighted by Gasteiger charge is -2.15. The maximum Gasteiger partial charge on any atom is 0.339 e. The van der Waals surface area contributed by atoms with Gasteiger partial charge in [0.2, 0.25) is 10.0 Å². The van der Waals surface area contributed by atoms with E-state index in [4.69, 9.17) is 16.7 Å². The standard InChI is InChI=1S/C25H23ClN2O9S3/c26-18-4-2-1-3-15(18)12-38-13-21(30)19(9-23(31)32)28-24(33)22-7-14(11-39-22)10-27-40(36,37)16-5-6-20(29)17(8-16)25(34)35/h1-8,11,19,27,29H,9-10,12-13H2,(H,28,33)(H,31,32)(H,34,35)/t19-/m0/s1. The van der Waals surface area contributed by atoms with Gasteiger partial charge in [-0.2, -0.15) is 0 Å². The molecule has 0 bridgehead atoms. The molecule has 2 aromatic carbocycles. The number of ketones is 1. The van der Waals surface area contributed by atoms with Crippen LogP contribution in [0.5, 0.6) is 5.75 Å². The smallest absolute Gasteiger partial charge is 0.339 e. The predicted octanol–water partition coefficient (Wildman–Crippen LogP) is 3.36. The normalized spacial score (nSPS) is 12.0. The van der Waals surface area contributed by atoms with Gasteiger partial charge in [0.05, 0.1) is 28.0 Å². The van der Waals surface area contributed by atoms with Crippen molar-refractivity contribution >= 4 is 68.4 Å². The van der Waals surface area contributed by atoms with Crippen molar-refractivity contribution in [3.63, 3.8) is 0 Å². The number of aromatic hydroxyl groups is 1. The second-order valence-electron chi connectivity index (χ2n) is 8.30. The molecule has 11 nitrogen and oxygen atoms in total. The van der Waals surface area contributed by atoms with E-state index in [0.717, 1.165) is 35.1 Å². The predicted molar refractivity (Wildman–Crippen MR) is 150 cm³/mol. The lowest BCUT2D eigenvalue weighted by Crippen LogP contribution is -2.43. The summed E-state index contributed by atoms with van der Waals surface area (Å²) in [5.74, 6) is -4.16. The minimum absolute atomic E-state index is 0.0538. The van der Waals surface area contributed by atoms with Crippen LogP contribution in [0.4, 0.5) is 0 Å². The molecule has 1 atom stereocenters. The summed E-state index contributed by atoms with van der Waals surface area (Å²) in [6, 6.07) is 10.0. The van der Waals surface area contributed by atoms with Gasteiger partial charge in [0.25, 0.3) is 5.91 Å². The van der Waals surface area contributed by atoms with E-state index in [1.807, 2.05) is 6.07 Å². The first kappa shape index (κ1) is 31.1. The van der Waals surface area contributed by atoms with Crippen LogP contribution in [0, 0.1) is 0 Å². The van der Waals surface area contributed by atoms with Crippen molar-refractivity contribution in [3.05, 3.63) is 80.5 Å². The number of nitrogens with one attached hydrogen (secondary N) is 2. The molecule has 0 fully saturated rings. The highest BCUT2D eigenvalue weighted by atomic mass is 35.5. The number of carbonyl (C=O) groups is 4. The van der Waals surface area contributed by atoms with Crippen LogP contribution in [-0.2, 0) is 31.9 Å². The second kappa shape index (κ2) is 13.8. The summed E-state index contributed by atoms with van der Waals surface area (Å²) in [6.07, 6.45) is -0.611. The molecule has 0 radical (unpaired) electrons. The zero-order valence-corrected chi connectivity index (χ0v) is 23.7. The highest BCUT2D eigenvalue weighted by Gasteiger charge is 2.25. The average Bonchev–Trinajstić information content (AvgIpc) is 3.37. The maximum atomic E-state index is 12.8. The van der Waals surface area contributed by atoms with Crippen LogP contribution < -0.4 is 10.0 Å². The Kier molecular flexibility index (Phi) is 10.7. The van der Waals surface area contributed by atoms with E-state index < -0.39 is 57.4 Å². The number of carbonyl (C=O) groups excluding carboxylic acids is 2. The number of rotatable bonds is 14. The topological polar surface area (TPSA) is 187 Å². The summed E-state index contributed by atoms with van der Waals surface area (Å²) in [4.78, 5) is 47.7. The number of phenols is 1. The number of benzene rings is 2. The summed E-state index contributed by atoms with van der Waals surface area (Å²) in [5, 5.41) is 32.4. The van der Waals surface area contributed by atoms with Gasteiger partial charge in [-0.3, -0.25) is 14.4 Å². The Bertz CT molecular complexity index is 1540. The van der Waals surface area contributed by atoms with Gasteiger partial charge in [0.1, 0.15) is 11.3 Å². The summed E-state index contributed by atoms with van der Waals surface area (Å²) in [7, 11) is -4.16. The molecule has 0 unspecified atom stereocenters. The average molecular weight is 627 g/mol. The van der Waals surface area contributed by atoms with Crippen LogP contribution in [0.25, 0.3) is 0 Å². The molecular weight excluding hydrogens is 604 g/mol. The first-order chi connectivity index (χ1) is 18.9. The molecule has 212 valence electrons. The van der Waals surface area contributed by atoms with Gasteiger partial charge < -0.3 is 20.6 Å². The maximum absolute atomic E-state index is 12.8. The molecule has 40 heavy (non-hydrogen) atoms. The van der Waals surface area contributed by atoms with E-state index >= 15 is 0 Å². The van der Waals surface area contributed by atoms with E-state index in [-0.39, 0.29) is 22.1 Å². The van der Waals surface area contributed by atoms with E-state index in [9.17, 15) is 37.8 Å². The van der Waals surface area contributed by atoms with Gasteiger partial charge in [-0.15, -0.1) is 23.1 Å². The van der Waals surface area contributed by atoms with Gasteiger partial charge in [0.15, 0.2) is 5.78 Å². The van der Waals surface area contributed by atoms with Crippen LogP contribution in [0.15, 0.2) is 58.8 Å². The van der Waals surface area contributed by atoms with Crippen LogP contribution in [-0.4, -0.2) is 59.2 Å². The van der Waals surface area contributed by atoms with E-state index in [1.54, 1.807) is 18.2 Å². The molecule has 0 spiro atoms. The largest absolute Gasteiger partial charge is 0.507 e. The molecule has 0 aliphatic carbocycles. The molecular formula is C25H23ClN2O9S3. The second-order valence-corrected chi connectivity index (χ2v) is 12.4. The number of hydrogen-bond donors (Lipinski definition) is 5. The lowest BCUT2D eigenvalue weighted by molar-refractivity contribution is -0.139. The van der Waals surface area contributed by atoms with Crippen molar-refractivity contribution in [3.8, 4) is 5.75 Å². The van der Waals surface area contributed by atoms with Crippen molar-refractivity contribution < 1.29 is 42.9 Å². The van der Waals surface area contributed by atoms with Crippen molar-refractivity contribution in [2.75, 3.05) is 5.75 Å². The first-order valence-corrected chi connectivity index (χ1v) is 15.3. The Labute approximate surface area is 242 Å². The number of thiophene rings is 1. The van der Waals surface area contributed by atoms with E-state index in [1.165, 1.54) is 23.2 Å². The lowest BCUT2D eigenvalue weighted by atomic mass is 10.1. The number of halogens is 1. The highest BCUT2D eigenvalue weighted by Crippen LogP contribution is 2.23. The van der Waals surface area contributed by atoms with Gasteiger partial charge in [-0.05, 0) is 46.8 Å². The molecule has 0 saturated heterocycles. The molecule has 1 amide bonds. The summed E-state index contributed by atoms with van der Waals surface area (Å²) < 4.78 is 27.5. The molecule has 0 aliphatic rings. The minimum Gasteiger partial charge on any atom is -0.507 e. The quantitative estimate of drug-likeness (QED) is 0.177. The Morgan fingerprint density at radius 3 is 2.45 bits per heavy atom. The number of aromatic carboxylic acids is 1. The zero-order chi connectivity index (χ0) is 29.4. The van der Waals surface area contributed by atoms with Crippen molar-refractivity contribution in [2.45, 2.75) is 29.7 Å². The number of carboxylic acid groups (broad SMARTS) is 2. The van der Waals surface area contributed by atoms with Gasteiger partial charge in [-0.25, -0.2) is 17.9 Å². The number of hydrogen-bond acceptors (Lipinski definition) is 9. The van der Waals surface area contributed by atoms with Crippen molar-refractivity contribution in [1.82, 2.24) is 10.0 Å². The molecule has 15 heteroatoms. The van der Waals surface area contributed by atoms with Crippen molar-refractivity contribution in [2.24, 2.45) is 0 Å². The van der Waals surface area contributed by atoms with Crippen molar-refractivity contribution in [1.29, 1.82) is 0 Å². The monoisotopic (exact) mass is 626 g/mol. The number of aliphatic carboxylic acids is 1. The number of Topliss-reactive ketones (excluding diaryl/α,β-unsaturated/α-hetero) is 1. The minimum atomic E-state index is -4.16. The third-order valence-corrected chi connectivity index (χ3v) is 9.13. The fraction of sp³-hybridized carbons (Fsp3) is 0.200. The summed E-state index contributed by atoms with van der Waals surface area (Å²) >= 11 is 8.31. The van der Waals surface area contributed by atoms with Crippen LogP contribution in [0.1, 0.15) is 37.6 Å². The third kappa shape index (κ3) is 8.53. The fourth-order valence-corrected chi connectivity index (χ4v) is 6.45. The molecule has 1 heterocycles. The van der Waals surface area contributed by atoms with Gasteiger partial charge >= 0.3 is 11.9 Å². The Balaban J connectivity index is 1.61. The third-order valence-electron chi connectivity index (χ3n) is 5.39. The zero-order valence-electron chi connectivity index (χ0n) is 20.5. The van der Waals surface area contributed by atoms with Crippen LogP contribution in [0.2, 0.25) is 5.02 Å².